The Morgan fingerprint density at radius 2 is 2.14 bits per heavy atom. The van der Waals surface area contributed by atoms with E-state index < -0.39 is 23.5 Å². The monoisotopic (exact) mass is 381 g/mol. The van der Waals surface area contributed by atoms with Crippen LogP contribution in [0.5, 0.6) is 5.75 Å². The molecule has 28 heavy (non-hydrogen) atoms. The Labute approximate surface area is 161 Å². The molecule has 1 aromatic carbocycles. The molecule has 1 N–H and O–H groups in total. The fourth-order valence-electron chi connectivity index (χ4n) is 4.37. The third-order valence-electron chi connectivity index (χ3n) is 5.65. The van der Waals surface area contributed by atoms with Crippen molar-refractivity contribution in [1.29, 1.82) is 0 Å². The van der Waals surface area contributed by atoms with E-state index in [1.165, 1.54) is 0 Å². The summed E-state index contributed by atoms with van der Waals surface area (Å²) in [5.74, 6) is 0.170. The molecule has 5 rings (SSSR count). The van der Waals surface area contributed by atoms with Gasteiger partial charge in [0.2, 0.25) is 11.8 Å². The Kier molecular flexibility index (Phi) is 3.60. The van der Waals surface area contributed by atoms with Gasteiger partial charge in [-0.1, -0.05) is 17.3 Å². The first-order valence-electron chi connectivity index (χ1n) is 9.07. The van der Waals surface area contributed by atoms with Crippen molar-refractivity contribution in [2.24, 2.45) is 11.8 Å². The van der Waals surface area contributed by atoms with E-state index in [0.29, 0.717) is 29.6 Å². The van der Waals surface area contributed by atoms with Gasteiger partial charge >= 0.3 is 0 Å². The van der Waals surface area contributed by atoms with Crippen molar-refractivity contribution >= 4 is 23.3 Å². The predicted octanol–water partition coefficient (Wildman–Crippen LogP) is 1.92. The molecule has 0 aliphatic carbocycles. The summed E-state index contributed by atoms with van der Waals surface area (Å²) in [6.45, 7) is 2.09. The van der Waals surface area contributed by atoms with Gasteiger partial charge in [-0.2, -0.15) is 0 Å². The quantitative estimate of drug-likeness (QED) is 0.814. The van der Waals surface area contributed by atoms with E-state index in [-0.39, 0.29) is 11.8 Å². The number of hydrogen-bond donors (Lipinski definition) is 1. The number of nitrogens with zero attached hydrogens (tertiary/aromatic N) is 2. The molecule has 2 fully saturated rings. The van der Waals surface area contributed by atoms with Gasteiger partial charge in [0.05, 0.1) is 31.6 Å². The van der Waals surface area contributed by atoms with Crippen molar-refractivity contribution < 1.29 is 23.6 Å². The van der Waals surface area contributed by atoms with Gasteiger partial charge in [0.25, 0.3) is 0 Å². The van der Waals surface area contributed by atoms with Crippen LogP contribution in [0.15, 0.2) is 47.0 Å². The van der Waals surface area contributed by atoms with Crippen LogP contribution in [0.4, 0.5) is 11.5 Å². The van der Waals surface area contributed by atoms with E-state index in [9.17, 15) is 9.59 Å². The second-order valence-electron chi connectivity index (χ2n) is 7.34. The highest BCUT2D eigenvalue weighted by Crippen LogP contribution is 2.52. The average molecular weight is 381 g/mol. The first kappa shape index (κ1) is 17.0. The largest absolute Gasteiger partial charge is 0.497 e. The van der Waals surface area contributed by atoms with Crippen LogP contribution < -0.4 is 15.0 Å². The number of rotatable bonds is 4. The fourth-order valence-corrected chi connectivity index (χ4v) is 4.37. The molecule has 3 aliphatic rings. The molecule has 144 valence electrons. The number of anilines is 2. The van der Waals surface area contributed by atoms with Crippen molar-refractivity contribution in [3.63, 3.8) is 0 Å². The highest BCUT2D eigenvalue weighted by molar-refractivity contribution is 6.05. The van der Waals surface area contributed by atoms with E-state index in [2.05, 4.69) is 10.5 Å². The molecule has 8 heteroatoms. The summed E-state index contributed by atoms with van der Waals surface area (Å²) < 4.78 is 16.3. The standard InChI is InChI=1S/C20H19N3O5/c1-11-9-15(22-28-11)23-10-20-8-7-14(27-20)16(17(20)19(23)25)18(24)21-12-3-5-13(26-2)6-4-12/h3-9,14,16-17H,10H2,1-2H3,(H,21,24)/t14-,16+,17-,20-/m1/s1. The summed E-state index contributed by atoms with van der Waals surface area (Å²) in [6, 6.07) is 8.76. The molecule has 2 amide bonds. The lowest BCUT2D eigenvalue weighted by molar-refractivity contribution is -0.128. The first-order valence-corrected chi connectivity index (χ1v) is 9.07. The molecule has 0 unspecified atom stereocenters. The van der Waals surface area contributed by atoms with Crippen molar-refractivity contribution in [2.45, 2.75) is 18.6 Å². The number of carbonyl (C=O) groups excluding carboxylic acids is 2. The minimum Gasteiger partial charge on any atom is -0.497 e. The normalized spacial score (nSPS) is 30.0. The number of nitrogens with one attached hydrogen (secondary N) is 1. The minimum absolute atomic E-state index is 0.171. The van der Waals surface area contributed by atoms with Crippen LogP contribution in [0.25, 0.3) is 0 Å². The summed E-state index contributed by atoms with van der Waals surface area (Å²) in [7, 11) is 1.58. The van der Waals surface area contributed by atoms with E-state index in [4.69, 9.17) is 14.0 Å². The third kappa shape index (κ3) is 2.37. The van der Waals surface area contributed by atoms with Crippen LogP contribution in [0, 0.1) is 18.8 Å². The maximum atomic E-state index is 13.2. The van der Waals surface area contributed by atoms with Crippen LogP contribution in [0.3, 0.4) is 0 Å². The van der Waals surface area contributed by atoms with Crippen LogP contribution in [-0.4, -0.2) is 42.3 Å². The van der Waals surface area contributed by atoms with E-state index in [0.717, 1.165) is 0 Å². The molecule has 3 aliphatic heterocycles. The Bertz CT molecular complexity index is 982. The van der Waals surface area contributed by atoms with Crippen LogP contribution >= 0.6 is 0 Å². The molecule has 8 nitrogen and oxygen atoms in total. The maximum Gasteiger partial charge on any atom is 0.235 e. The second-order valence-corrected chi connectivity index (χ2v) is 7.34. The highest BCUT2D eigenvalue weighted by Gasteiger charge is 2.67. The number of aromatic nitrogens is 1. The Morgan fingerprint density at radius 3 is 2.82 bits per heavy atom. The van der Waals surface area contributed by atoms with Gasteiger partial charge in [0.15, 0.2) is 5.82 Å². The molecule has 2 bridgehead atoms. The van der Waals surface area contributed by atoms with Crippen molar-refractivity contribution in [3.05, 3.63) is 48.2 Å². The lowest BCUT2D eigenvalue weighted by Gasteiger charge is -2.23. The smallest absolute Gasteiger partial charge is 0.235 e. The molecule has 0 radical (unpaired) electrons. The second kappa shape index (κ2) is 5.93. The molecule has 1 spiro atoms. The van der Waals surface area contributed by atoms with Gasteiger partial charge in [-0.25, -0.2) is 0 Å². The van der Waals surface area contributed by atoms with Gasteiger partial charge in [0.1, 0.15) is 17.1 Å². The zero-order valence-electron chi connectivity index (χ0n) is 15.4. The minimum atomic E-state index is -0.795. The van der Waals surface area contributed by atoms with Gasteiger partial charge in [-0.05, 0) is 31.2 Å². The molecule has 4 atom stereocenters. The van der Waals surface area contributed by atoms with Crippen molar-refractivity contribution in [3.8, 4) is 5.75 Å². The van der Waals surface area contributed by atoms with Crippen LogP contribution in [0.1, 0.15) is 5.76 Å². The van der Waals surface area contributed by atoms with E-state index in [1.54, 1.807) is 49.3 Å². The highest BCUT2D eigenvalue weighted by atomic mass is 16.5. The number of benzene rings is 1. The molecule has 4 heterocycles. The Morgan fingerprint density at radius 1 is 1.36 bits per heavy atom. The summed E-state index contributed by atoms with van der Waals surface area (Å²) in [5, 5.41) is 6.84. The molecular formula is C20H19N3O5. The summed E-state index contributed by atoms with van der Waals surface area (Å²) in [6.07, 6.45) is 3.37. The molecule has 2 saturated heterocycles. The number of aryl methyl sites for hydroxylation is 1. The Balaban J connectivity index is 1.41. The Hall–Kier alpha value is -3.13. The fraction of sp³-hybridized carbons (Fsp3) is 0.350. The molecular weight excluding hydrogens is 362 g/mol. The zero-order valence-corrected chi connectivity index (χ0v) is 15.4. The first-order chi connectivity index (χ1) is 13.5. The van der Waals surface area contributed by atoms with Gasteiger partial charge in [-0.3, -0.25) is 14.5 Å². The van der Waals surface area contributed by atoms with Crippen molar-refractivity contribution in [1.82, 2.24) is 5.16 Å². The number of methoxy groups -OCH3 is 1. The SMILES string of the molecule is COc1ccc(NC(=O)[C@H]2[C@H]3C=C[C@]4(CN(c5cc(C)on5)C(=O)[C@@H]24)O3)cc1. The average Bonchev–Trinajstić information content (AvgIpc) is 3.43. The van der Waals surface area contributed by atoms with E-state index in [1.807, 2.05) is 12.2 Å². The number of fused-ring (bicyclic) bond motifs is 1. The molecule has 1 aromatic heterocycles. The topological polar surface area (TPSA) is 93.9 Å². The van der Waals surface area contributed by atoms with E-state index >= 15 is 0 Å². The lowest BCUT2D eigenvalue weighted by Crippen LogP contribution is -2.41. The van der Waals surface area contributed by atoms with Crippen molar-refractivity contribution in [2.75, 3.05) is 23.9 Å². The third-order valence-corrected chi connectivity index (χ3v) is 5.65. The predicted molar refractivity (Wildman–Crippen MR) is 98.9 cm³/mol. The van der Waals surface area contributed by atoms with Gasteiger partial charge < -0.3 is 19.3 Å². The summed E-state index contributed by atoms with van der Waals surface area (Å²) in [5.41, 5.74) is -0.155. The van der Waals surface area contributed by atoms with Gasteiger partial charge in [0, 0.05) is 11.8 Å². The maximum absolute atomic E-state index is 13.2. The molecule has 2 aromatic rings. The summed E-state index contributed by atoms with van der Waals surface area (Å²) in [4.78, 5) is 27.7. The zero-order chi connectivity index (χ0) is 19.5. The molecule has 0 saturated carbocycles. The number of hydrogen-bond acceptors (Lipinski definition) is 6. The van der Waals surface area contributed by atoms with Gasteiger partial charge in [-0.15, -0.1) is 0 Å². The van der Waals surface area contributed by atoms with Crippen LogP contribution in [-0.2, 0) is 14.3 Å². The lowest BCUT2D eigenvalue weighted by atomic mass is 9.77. The summed E-state index contributed by atoms with van der Waals surface area (Å²) >= 11 is 0. The van der Waals surface area contributed by atoms with Crippen LogP contribution in [0.2, 0.25) is 0 Å². The number of ether oxygens (including phenoxy) is 2. The number of amides is 2. The number of carbonyl (C=O) groups is 2.